The summed E-state index contributed by atoms with van der Waals surface area (Å²) in [5.41, 5.74) is 6.91. The third-order valence-corrected chi connectivity index (χ3v) is 9.31. The second-order valence-electron chi connectivity index (χ2n) is 10.7. The van der Waals surface area contributed by atoms with E-state index in [1.807, 2.05) is 0 Å². The maximum atomic E-state index is 13.2. The van der Waals surface area contributed by atoms with Gasteiger partial charge in [0, 0.05) is 29.3 Å². The molecule has 2 bridgehead atoms. The van der Waals surface area contributed by atoms with Crippen molar-refractivity contribution in [2.45, 2.75) is 65.2 Å². The molecule has 30 heavy (non-hydrogen) atoms. The van der Waals surface area contributed by atoms with Crippen molar-refractivity contribution in [3.63, 3.8) is 0 Å². The minimum Gasteiger partial charge on any atom is -0.358 e. The van der Waals surface area contributed by atoms with Gasteiger partial charge in [0.2, 0.25) is 0 Å². The number of Topliss-reactive ketones (excluding diaryl/α,β-unsaturated/α-hetero) is 1. The van der Waals surface area contributed by atoms with Crippen LogP contribution in [0.5, 0.6) is 0 Å². The standard InChI is InChI=1S/C28H31NO/c1-27(2)18-13-14-28(27,3)19(15-18)16-21-25-20-8-5-4-7-17(20)11-12-23(25)29-22-9-6-10-24(30)26(21)22/h4-5,7-8,11-12,16,18,21,29H,6,9-10,13-15H2,1-3H3. The topological polar surface area (TPSA) is 29.1 Å². The molecule has 1 aliphatic heterocycles. The van der Waals surface area contributed by atoms with Crippen LogP contribution in [0.1, 0.15) is 70.8 Å². The van der Waals surface area contributed by atoms with Gasteiger partial charge in [0.1, 0.15) is 0 Å². The summed E-state index contributed by atoms with van der Waals surface area (Å²) in [5.74, 6) is 1.20. The number of rotatable bonds is 1. The van der Waals surface area contributed by atoms with E-state index in [1.54, 1.807) is 5.57 Å². The number of fused-ring (bicyclic) bond motifs is 5. The minimum absolute atomic E-state index is 0.0807. The largest absolute Gasteiger partial charge is 0.358 e. The van der Waals surface area contributed by atoms with Crippen molar-refractivity contribution in [3.8, 4) is 0 Å². The highest BCUT2D eigenvalue weighted by atomic mass is 16.1. The number of hydrogen-bond acceptors (Lipinski definition) is 2. The van der Waals surface area contributed by atoms with Crippen LogP contribution >= 0.6 is 0 Å². The Bertz CT molecular complexity index is 1150. The van der Waals surface area contributed by atoms with E-state index in [4.69, 9.17) is 0 Å². The maximum Gasteiger partial charge on any atom is 0.161 e. The predicted molar refractivity (Wildman–Crippen MR) is 124 cm³/mol. The molecule has 4 aliphatic rings. The van der Waals surface area contributed by atoms with E-state index in [2.05, 4.69) is 68.6 Å². The number of hydrogen-bond donors (Lipinski definition) is 1. The van der Waals surface area contributed by atoms with E-state index in [-0.39, 0.29) is 11.3 Å². The molecular weight excluding hydrogens is 366 g/mol. The first kappa shape index (κ1) is 18.4. The quantitative estimate of drug-likeness (QED) is 0.519. The van der Waals surface area contributed by atoms with Crippen LogP contribution in [-0.2, 0) is 4.79 Å². The zero-order valence-electron chi connectivity index (χ0n) is 18.3. The number of nitrogens with one attached hydrogen (secondary N) is 1. The molecule has 0 amide bonds. The molecule has 3 aliphatic carbocycles. The minimum atomic E-state index is 0.0807. The highest BCUT2D eigenvalue weighted by molar-refractivity contribution is 6.03. The third kappa shape index (κ3) is 2.28. The highest BCUT2D eigenvalue weighted by Gasteiger charge is 2.58. The Kier molecular flexibility index (Phi) is 3.74. The Hall–Kier alpha value is -2.35. The number of allylic oxidation sites excluding steroid dienone is 4. The summed E-state index contributed by atoms with van der Waals surface area (Å²) < 4.78 is 0. The van der Waals surface area contributed by atoms with Gasteiger partial charge < -0.3 is 5.32 Å². The van der Waals surface area contributed by atoms with Gasteiger partial charge in [0.25, 0.3) is 0 Å². The zero-order chi connectivity index (χ0) is 20.7. The van der Waals surface area contributed by atoms with E-state index >= 15 is 0 Å². The fourth-order valence-electron chi connectivity index (χ4n) is 7.04. The normalized spacial score (nSPS) is 33.0. The number of anilines is 1. The molecule has 2 aromatic rings. The van der Waals surface area contributed by atoms with E-state index in [0.717, 1.165) is 24.3 Å². The molecule has 6 rings (SSSR count). The van der Waals surface area contributed by atoms with Crippen molar-refractivity contribution >= 4 is 22.2 Å². The summed E-state index contributed by atoms with van der Waals surface area (Å²) in [4.78, 5) is 13.2. The molecule has 2 heteroatoms. The van der Waals surface area contributed by atoms with Crippen LogP contribution in [0.4, 0.5) is 5.69 Å². The number of ketones is 1. The second-order valence-corrected chi connectivity index (χ2v) is 10.7. The first-order chi connectivity index (χ1) is 14.4. The first-order valence-corrected chi connectivity index (χ1v) is 11.7. The van der Waals surface area contributed by atoms with Crippen LogP contribution in [0.3, 0.4) is 0 Å². The first-order valence-electron chi connectivity index (χ1n) is 11.7. The van der Waals surface area contributed by atoms with Gasteiger partial charge >= 0.3 is 0 Å². The van der Waals surface area contributed by atoms with Gasteiger partial charge in [0.05, 0.1) is 0 Å². The molecule has 0 aromatic heterocycles. The van der Waals surface area contributed by atoms with Crippen molar-refractivity contribution in [3.05, 3.63) is 64.9 Å². The Morgan fingerprint density at radius 2 is 1.90 bits per heavy atom. The van der Waals surface area contributed by atoms with E-state index in [0.29, 0.717) is 17.6 Å². The number of carbonyl (C=O) groups is 1. The van der Waals surface area contributed by atoms with Crippen LogP contribution < -0.4 is 5.32 Å². The molecule has 0 spiro atoms. The Morgan fingerprint density at radius 1 is 1.07 bits per heavy atom. The van der Waals surface area contributed by atoms with E-state index < -0.39 is 0 Å². The number of carbonyl (C=O) groups excluding carboxylic acids is 1. The molecule has 0 radical (unpaired) electrons. The third-order valence-electron chi connectivity index (χ3n) is 9.31. The molecular formula is C28H31NO. The molecule has 1 N–H and O–H groups in total. The van der Waals surface area contributed by atoms with Gasteiger partial charge in [-0.2, -0.15) is 0 Å². The second kappa shape index (κ2) is 6.09. The monoisotopic (exact) mass is 397 g/mol. The summed E-state index contributed by atoms with van der Waals surface area (Å²) in [6.45, 7) is 7.41. The highest BCUT2D eigenvalue weighted by Crippen LogP contribution is 2.68. The average molecular weight is 398 g/mol. The lowest BCUT2D eigenvalue weighted by atomic mass is 9.67. The molecule has 2 saturated carbocycles. The number of benzene rings is 2. The van der Waals surface area contributed by atoms with E-state index in [1.165, 1.54) is 47.0 Å². The lowest BCUT2D eigenvalue weighted by molar-refractivity contribution is -0.116. The van der Waals surface area contributed by atoms with Crippen molar-refractivity contribution in [2.75, 3.05) is 5.32 Å². The molecule has 3 unspecified atom stereocenters. The fraction of sp³-hybridized carbons (Fsp3) is 0.464. The molecule has 2 fully saturated rings. The fourth-order valence-corrected chi connectivity index (χ4v) is 7.04. The summed E-state index contributed by atoms with van der Waals surface area (Å²) in [6.07, 6.45) is 8.99. The Morgan fingerprint density at radius 3 is 2.67 bits per heavy atom. The van der Waals surface area contributed by atoms with Crippen LogP contribution in [0, 0.1) is 16.7 Å². The van der Waals surface area contributed by atoms with Crippen LogP contribution in [-0.4, -0.2) is 5.78 Å². The van der Waals surface area contributed by atoms with Gasteiger partial charge in [-0.25, -0.2) is 0 Å². The van der Waals surface area contributed by atoms with Gasteiger partial charge in [0.15, 0.2) is 5.78 Å². The SMILES string of the molecule is CC12CCC(CC1=CC1C3=C(CCCC3=O)Nc3ccc4ccccc4c31)C2(C)C. The van der Waals surface area contributed by atoms with Gasteiger partial charge in [-0.15, -0.1) is 0 Å². The molecule has 2 aromatic carbocycles. The molecule has 3 atom stereocenters. The van der Waals surface area contributed by atoms with Gasteiger partial charge in [-0.3, -0.25) is 4.79 Å². The Labute approximate surface area is 179 Å². The van der Waals surface area contributed by atoms with Crippen molar-refractivity contribution in [2.24, 2.45) is 16.7 Å². The molecule has 0 saturated heterocycles. The van der Waals surface area contributed by atoms with Crippen molar-refractivity contribution in [1.29, 1.82) is 0 Å². The molecule has 2 nitrogen and oxygen atoms in total. The lowest BCUT2D eigenvalue weighted by Gasteiger charge is -2.38. The predicted octanol–water partition coefficient (Wildman–Crippen LogP) is 7.13. The summed E-state index contributed by atoms with van der Waals surface area (Å²) in [5, 5.41) is 6.20. The lowest BCUT2D eigenvalue weighted by Crippen LogP contribution is -2.29. The van der Waals surface area contributed by atoms with Gasteiger partial charge in [-0.1, -0.05) is 62.8 Å². The van der Waals surface area contributed by atoms with Crippen LogP contribution in [0.15, 0.2) is 59.3 Å². The molecule has 1 heterocycles. The van der Waals surface area contributed by atoms with Crippen LogP contribution in [0.25, 0.3) is 10.8 Å². The smallest absolute Gasteiger partial charge is 0.161 e. The summed E-state index contributed by atoms with van der Waals surface area (Å²) in [6, 6.07) is 13.1. The summed E-state index contributed by atoms with van der Waals surface area (Å²) in [7, 11) is 0. The summed E-state index contributed by atoms with van der Waals surface area (Å²) >= 11 is 0. The molecule has 154 valence electrons. The van der Waals surface area contributed by atoms with Crippen molar-refractivity contribution < 1.29 is 4.79 Å². The zero-order valence-corrected chi connectivity index (χ0v) is 18.3. The Balaban J connectivity index is 1.59. The maximum absolute atomic E-state index is 13.2. The average Bonchev–Trinajstić information content (AvgIpc) is 3.07. The van der Waals surface area contributed by atoms with E-state index in [9.17, 15) is 4.79 Å². The van der Waals surface area contributed by atoms with Gasteiger partial charge in [-0.05, 0) is 71.3 Å². The van der Waals surface area contributed by atoms with Crippen molar-refractivity contribution in [1.82, 2.24) is 0 Å². The van der Waals surface area contributed by atoms with Crippen LogP contribution in [0.2, 0.25) is 0 Å².